The molecule has 8 nitrogen and oxygen atoms in total. The maximum atomic E-state index is 12.8. The van der Waals surface area contributed by atoms with Crippen molar-refractivity contribution in [2.24, 2.45) is 0 Å². The van der Waals surface area contributed by atoms with Crippen LogP contribution in [-0.4, -0.2) is 75.5 Å². The highest BCUT2D eigenvalue weighted by Gasteiger charge is 2.25. The summed E-state index contributed by atoms with van der Waals surface area (Å²) in [6.07, 6.45) is 62.9. The maximum absolute atomic E-state index is 12.8. The first-order valence-corrected chi connectivity index (χ1v) is 25.8. The van der Waals surface area contributed by atoms with Gasteiger partial charge in [0.1, 0.15) is 12.6 Å². The van der Waals surface area contributed by atoms with E-state index in [0.717, 1.165) is 96.3 Å². The van der Waals surface area contributed by atoms with Crippen LogP contribution in [-0.2, 0) is 28.6 Å². The number of hydrogen-bond donors (Lipinski definition) is 0. The van der Waals surface area contributed by atoms with Crippen LogP contribution >= 0.6 is 0 Å². The predicted octanol–water partition coefficient (Wildman–Crippen LogP) is 13.7. The summed E-state index contributed by atoms with van der Waals surface area (Å²) in [4.78, 5) is 37.1. The molecule has 65 heavy (non-hydrogen) atoms. The molecular formula is C57H95NO7. The van der Waals surface area contributed by atoms with E-state index in [2.05, 4.69) is 111 Å². The number of allylic oxidation sites excluding steroid dienone is 16. The van der Waals surface area contributed by atoms with Crippen molar-refractivity contribution >= 4 is 17.9 Å². The number of carbonyl (C=O) groups is 3. The van der Waals surface area contributed by atoms with E-state index in [9.17, 15) is 19.5 Å². The molecule has 0 amide bonds. The van der Waals surface area contributed by atoms with Crippen LogP contribution in [0.2, 0.25) is 0 Å². The molecule has 0 aliphatic heterocycles. The van der Waals surface area contributed by atoms with E-state index in [1.54, 1.807) is 21.1 Å². The molecule has 2 unspecified atom stereocenters. The van der Waals surface area contributed by atoms with Gasteiger partial charge in [0.05, 0.1) is 40.3 Å². The zero-order chi connectivity index (χ0) is 47.7. The van der Waals surface area contributed by atoms with E-state index in [1.807, 2.05) is 0 Å². The number of unbranched alkanes of at least 4 members (excludes halogenated alkanes) is 18. The van der Waals surface area contributed by atoms with E-state index in [0.29, 0.717) is 12.8 Å². The number of carboxylic acids is 1. The molecule has 0 aromatic carbocycles. The third-order valence-corrected chi connectivity index (χ3v) is 11.0. The zero-order valence-corrected chi connectivity index (χ0v) is 42.1. The average Bonchev–Trinajstić information content (AvgIpc) is 3.27. The topological polar surface area (TPSA) is 102 Å². The van der Waals surface area contributed by atoms with Crippen molar-refractivity contribution in [1.82, 2.24) is 0 Å². The zero-order valence-electron chi connectivity index (χ0n) is 42.1. The number of esters is 2. The fourth-order valence-corrected chi connectivity index (χ4v) is 7.07. The molecule has 0 aromatic heterocycles. The molecule has 0 spiro atoms. The normalized spacial score (nSPS) is 13.7. The maximum Gasteiger partial charge on any atom is 0.306 e. The molecular weight excluding hydrogens is 811 g/mol. The lowest BCUT2D eigenvalue weighted by Gasteiger charge is -2.34. The van der Waals surface area contributed by atoms with E-state index in [4.69, 9.17) is 14.2 Å². The first kappa shape index (κ1) is 61.2. The van der Waals surface area contributed by atoms with Gasteiger partial charge in [-0.25, -0.2) is 0 Å². The highest BCUT2D eigenvalue weighted by molar-refractivity contribution is 5.70. The van der Waals surface area contributed by atoms with E-state index >= 15 is 0 Å². The van der Waals surface area contributed by atoms with Crippen LogP contribution < -0.4 is 5.11 Å². The minimum Gasteiger partial charge on any atom is -0.544 e. The summed E-state index contributed by atoms with van der Waals surface area (Å²) in [5.74, 6) is -1.78. The van der Waals surface area contributed by atoms with Crippen molar-refractivity contribution < 1.29 is 38.2 Å². The molecule has 0 aliphatic rings. The van der Waals surface area contributed by atoms with E-state index in [1.165, 1.54) is 64.2 Å². The second kappa shape index (κ2) is 46.8. The van der Waals surface area contributed by atoms with Crippen LogP contribution in [0, 0.1) is 0 Å². The molecule has 0 saturated carbocycles. The Kier molecular flexibility index (Phi) is 44.1. The van der Waals surface area contributed by atoms with Crippen LogP contribution in [0.5, 0.6) is 0 Å². The Hall–Kier alpha value is -3.75. The molecule has 0 fully saturated rings. The van der Waals surface area contributed by atoms with Crippen LogP contribution in [0.1, 0.15) is 194 Å². The third-order valence-electron chi connectivity index (χ3n) is 11.0. The van der Waals surface area contributed by atoms with Gasteiger partial charge < -0.3 is 28.6 Å². The molecule has 0 aliphatic carbocycles. The van der Waals surface area contributed by atoms with E-state index < -0.39 is 18.1 Å². The quantitative estimate of drug-likeness (QED) is 0.0197. The highest BCUT2D eigenvalue weighted by Crippen LogP contribution is 2.14. The Morgan fingerprint density at radius 1 is 0.492 bits per heavy atom. The number of ether oxygens (including phenoxy) is 3. The van der Waals surface area contributed by atoms with Gasteiger partial charge in [-0.3, -0.25) is 9.59 Å². The molecule has 0 heterocycles. The molecule has 2 atom stereocenters. The Balaban J connectivity index is 4.31. The summed E-state index contributed by atoms with van der Waals surface area (Å²) in [5, 5.41) is 11.7. The molecule has 0 saturated heterocycles. The molecule has 0 aromatic rings. The molecule has 0 N–H and O–H groups in total. The molecule has 8 heteroatoms. The lowest BCUT2D eigenvalue weighted by Crippen LogP contribution is -2.55. The largest absolute Gasteiger partial charge is 0.544 e. The van der Waals surface area contributed by atoms with Crippen molar-refractivity contribution in [3.8, 4) is 0 Å². The number of rotatable bonds is 45. The number of nitrogens with zero attached hydrogens (tertiary/aromatic N) is 1. The summed E-state index contributed by atoms with van der Waals surface area (Å²) in [6, 6.07) is -0.737. The predicted molar refractivity (Wildman–Crippen MR) is 272 cm³/mol. The van der Waals surface area contributed by atoms with Gasteiger partial charge in [0.15, 0.2) is 6.10 Å². The van der Waals surface area contributed by atoms with Gasteiger partial charge in [-0.2, -0.15) is 0 Å². The summed E-state index contributed by atoms with van der Waals surface area (Å²) >= 11 is 0. The first-order chi connectivity index (χ1) is 31.6. The summed E-state index contributed by atoms with van der Waals surface area (Å²) in [5.41, 5.74) is 0. The minimum absolute atomic E-state index is 0.0256. The second-order valence-corrected chi connectivity index (χ2v) is 18.1. The number of carboxylic acid groups (broad SMARTS) is 1. The SMILES string of the molecule is CC/C=C/C/C=C/C/C=C/C/C=C/CCCCCCCCCCCCC(=O)OC(COCCC(C(=O)[O-])[N+](C)(C)C)COC(=O)CCCCCCC/C=C/C=C/C=C/C=C/CCCCC. The second-order valence-electron chi connectivity index (χ2n) is 18.1. The monoisotopic (exact) mass is 906 g/mol. The van der Waals surface area contributed by atoms with E-state index in [-0.39, 0.29) is 42.7 Å². The number of aliphatic carboxylic acids is 1. The molecule has 0 rings (SSSR count). The van der Waals surface area contributed by atoms with Gasteiger partial charge in [-0.1, -0.05) is 195 Å². The van der Waals surface area contributed by atoms with Crippen molar-refractivity contribution in [2.75, 3.05) is 41.0 Å². The molecule has 370 valence electrons. The smallest absolute Gasteiger partial charge is 0.306 e. The third kappa shape index (κ3) is 45.2. The first-order valence-electron chi connectivity index (χ1n) is 25.8. The van der Waals surface area contributed by atoms with Crippen molar-refractivity contribution in [3.05, 3.63) is 97.2 Å². The van der Waals surface area contributed by atoms with Gasteiger partial charge in [0.2, 0.25) is 0 Å². The van der Waals surface area contributed by atoms with Gasteiger partial charge in [0.25, 0.3) is 0 Å². The average molecular weight is 906 g/mol. The van der Waals surface area contributed by atoms with Gasteiger partial charge >= 0.3 is 11.9 Å². The molecule has 0 radical (unpaired) electrons. The molecule has 0 bridgehead atoms. The lowest BCUT2D eigenvalue weighted by atomic mass is 10.0. The highest BCUT2D eigenvalue weighted by atomic mass is 16.6. The standard InChI is InChI=1S/C57H95NO7/c1-6-8-10-12-14-16-18-20-22-24-26-27-28-29-30-32-34-36-38-40-42-44-46-48-56(60)65-53(51-63-50-49-54(57(61)62)58(3,4)5)52-64-55(59)47-45-43-41-39-37-35-33-31-25-23-21-19-17-15-13-11-9-7-2/h8,10,14-17,19-23,25-27,31,33,53-54H,6-7,9,11-13,18,24,28-30,32,34-52H2,1-5H3/b10-8+,16-14+,17-15+,21-19+,22-20+,25-23+,27-26+,33-31+. The van der Waals surface area contributed by atoms with Crippen LogP contribution in [0.4, 0.5) is 0 Å². The van der Waals surface area contributed by atoms with Crippen LogP contribution in [0.3, 0.4) is 0 Å². The fourth-order valence-electron chi connectivity index (χ4n) is 7.07. The van der Waals surface area contributed by atoms with Crippen molar-refractivity contribution in [3.63, 3.8) is 0 Å². The lowest BCUT2D eigenvalue weighted by molar-refractivity contribution is -0.889. The van der Waals surface area contributed by atoms with Crippen molar-refractivity contribution in [1.29, 1.82) is 0 Å². The Labute approximate surface area is 398 Å². The van der Waals surface area contributed by atoms with Crippen LogP contribution in [0.25, 0.3) is 0 Å². The van der Waals surface area contributed by atoms with Crippen molar-refractivity contribution in [2.45, 2.75) is 206 Å². The fraction of sp³-hybridized carbons (Fsp3) is 0.667. The number of likely N-dealkylation sites (N-methyl/N-ethyl adjacent to an activating group) is 1. The Morgan fingerprint density at radius 3 is 1.42 bits per heavy atom. The van der Waals surface area contributed by atoms with Gasteiger partial charge in [-0.15, -0.1) is 0 Å². The number of quaternary nitrogens is 1. The Bertz CT molecular complexity index is 1380. The van der Waals surface area contributed by atoms with Crippen LogP contribution in [0.15, 0.2) is 97.2 Å². The Morgan fingerprint density at radius 2 is 0.923 bits per heavy atom. The minimum atomic E-state index is -1.13. The summed E-state index contributed by atoms with van der Waals surface area (Å²) in [7, 11) is 5.40. The number of hydrogen-bond acceptors (Lipinski definition) is 7. The van der Waals surface area contributed by atoms with Gasteiger partial charge in [-0.05, 0) is 77.0 Å². The summed E-state index contributed by atoms with van der Waals surface area (Å²) < 4.78 is 17.2. The van der Waals surface area contributed by atoms with Gasteiger partial charge in [0, 0.05) is 19.3 Å². The number of carbonyl (C=O) groups excluding carboxylic acids is 3. The summed E-state index contributed by atoms with van der Waals surface area (Å²) in [6.45, 7) is 4.48.